The zero-order chi connectivity index (χ0) is 14.0. The molecule has 1 heterocycles. The lowest BCUT2D eigenvalue weighted by atomic mass is 10.1. The maximum Gasteiger partial charge on any atom is 0.337 e. The molecule has 19 heavy (non-hydrogen) atoms. The van der Waals surface area contributed by atoms with Crippen molar-refractivity contribution in [3.05, 3.63) is 40.3 Å². The van der Waals surface area contributed by atoms with Crippen molar-refractivity contribution in [3.8, 4) is 5.75 Å². The summed E-state index contributed by atoms with van der Waals surface area (Å²) in [6.07, 6.45) is 1.25. The number of nitrogens with zero attached hydrogens (tertiary/aromatic N) is 1. The summed E-state index contributed by atoms with van der Waals surface area (Å²) in [6.45, 7) is -0.194. The molecular weight excluding hydrogens is 250 g/mol. The van der Waals surface area contributed by atoms with Gasteiger partial charge in [-0.2, -0.15) is 0 Å². The van der Waals surface area contributed by atoms with Gasteiger partial charge in [0.25, 0.3) is 5.56 Å². The summed E-state index contributed by atoms with van der Waals surface area (Å²) < 4.78 is 6.22. The highest BCUT2D eigenvalue weighted by molar-refractivity contribution is 6.03. The van der Waals surface area contributed by atoms with Gasteiger partial charge in [0.15, 0.2) is 0 Å². The Morgan fingerprint density at radius 3 is 2.68 bits per heavy atom. The van der Waals surface area contributed by atoms with E-state index < -0.39 is 5.97 Å². The molecule has 0 aliphatic carbocycles. The lowest BCUT2D eigenvalue weighted by Gasteiger charge is -2.10. The van der Waals surface area contributed by atoms with Crippen LogP contribution >= 0.6 is 0 Å². The summed E-state index contributed by atoms with van der Waals surface area (Å²) in [5, 5.41) is 18.7. The van der Waals surface area contributed by atoms with Gasteiger partial charge in [0.1, 0.15) is 5.75 Å². The minimum absolute atomic E-state index is 0.0192. The largest absolute Gasteiger partial charge is 0.497 e. The highest BCUT2D eigenvalue weighted by Gasteiger charge is 2.14. The first-order valence-electron chi connectivity index (χ1n) is 5.64. The number of methoxy groups -OCH3 is 1. The van der Waals surface area contributed by atoms with Crippen LogP contribution in [0.3, 0.4) is 0 Å². The van der Waals surface area contributed by atoms with E-state index in [1.54, 1.807) is 12.1 Å². The second-order valence-electron chi connectivity index (χ2n) is 3.98. The first kappa shape index (κ1) is 13.1. The average molecular weight is 263 g/mol. The maximum absolute atomic E-state index is 12.2. The van der Waals surface area contributed by atoms with Crippen LogP contribution in [0.25, 0.3) is 10.8 Å². The standard InChI is InChI=1S/C13H13NO5/c1-19-8-2-3-9-10(6-8)12(16)14(4-5-15)7-11(9)13(17)18/h2-3,6-7,15H,4-5H2,1H3,(H,17,18). The third kappa shape index (κ3) is 2.30. The van der Waals surface area contributed by atoms with Gasteiger partial charge in [-0.1, -0.05) is 0 Å². The number of hydrogen-bond acceptors (Lipinski definition) is 4. The molecule has 2 rings (SSSR count). The van der Waals surface area contributed by atoms with Crippen molar-refractivity contribution in [1.82, 2.24) is 4.57 Å². The molecule has 0 atom stereocenters. The van der Waals surface area contributed by atoms with Crippen LogP contribution in [0.2, 0.25) is 0 Å². The molecule has 1 aromatic heterocycles. The Bertz CT molecular complexity index is 689. The number of benzene rings is 1. The molecule has 6 heteroatoms. The lowest BCUT2D eigenvalue weighted by Crippen LogP contribution is -2.23. The fourth-order valence-electron chi connectivity index (χ4n) is 1.95. The summed E-state index contributed by atoms with van der Waals surface area (Å²) in [5.74, 6) is -0.649. The number of aliphatic hydroxyl groups excluding tert-OH is 1. The molecule has 0 aliphatic rings. The zero-order valence-corrected chi connectivity index (χ0v) is 10.3. The molecule has 100 valence electrons. The van der Waals surface area contributed by atoms with E-state index in [4.69, 9.17) is 9.84 Å². The molecule has 0 aliphatic heterocycles. The molecule has 0 radical (unpaired) electrons. The van der Waals surface area contributed by atoms with E-state index in [0.29, 0.717) is 11.1 Å². The summed E-state index contributed by atoms with van der Waals surface area (Å²) in [6, 6.07) is 4.64. The van der Waals surface area contributed by atoms with Crippen molar-refractivity contribution in [2.75, 3.05) is 13.7 Å². The van der Waals surface area contributed by atoms with Gasteiger partial charge in [0.2, 0.25) is 0 Å². The Hall–Kier alpha value is -2.34. The van der Waals surface area contributed by atoms with Crippen LogP contribution in [0, 0.1) is 0 Å². The van der Waals surface area contributed by atoms with Crippen LogP contribution in [0.5, 0.6) is 5.75 Å². The first-order valence-corrected chi connectivity index (χ1v) is 5.64. The number of carbonyl (C=O) groups is 1. The van der Waals surface area contributed by atoms with Crippen LogP contribution < -0.4 is 10.3 Å². The van der Waals surface area contributed by atoms with Gasteiger partial charge in [-0.25, -0.2) is 4.79 Å². The van der Waals surface area contributed by atoms with Crippen LogP contribution in [0.15, 0.2) is 29.2 Å². The molecule has 1 aromatic carbocycles. The third-order valence-electron chi connectivity index (χ3n) is 2.86. The number of rotatable bonds is 4. The van der Waals surface area contributed by atoms with Crippen molar-refractivity contribution in [2.24, 2.45) is 0 Å². The molecule has 0 amide bonds. The molecule has 0 fully saturated rings. The van der Waals surface area contributed by atoms with Crippen molar-refractivity contribution in [1.29, 1.82) is 0 Å². The number of carboxylic acids is 1. The number of pyridine rings is 1. The van der Waals surface area contributed by atoms with Gasteiger partial charge in [0.05, 0.1) is 24.7 Å². The number of carboxylic acid groups (broad SMARTS) is 1. The van der Waals surface area contributed by atoms with Crippen molar-refractivity contribution >= 4 is 16.7 Å². The number of fused-ring (bicyclic) bond motifs is 1. The molecule has 0 saturated heterocycles. The fourth-order valence-corrected chi connectivity index (χ4v) is 1.95. The summed E-state index contributed by atoms with van der Waals surface area (Å²) in [7, 11) is 1.47. The molecule has 0 bridgehead atoms. The molecule has 6 nitrogen and oxygen atoms in total. The Labute approximate surface area is 108 Å². The average Bonchev–Trinajstić information content (AvgIpc) is 2.41. The molecule has 2 aromatic rings. The first-order chi connectivity index (χ1) is 9.08. The number of aromatic carboxylic acids is 1. The number of aromatic nitrogens is 1. The topological polar surface area (TPSA) is 88.8 Å². The number of hydrogen-bond donors (Lipinski definition) is 2. The number of ether oxygens (including phenoxy) is 1. The van der Waals surface area contributed by atoms with E-state index in [-0.39, 0.29) is 29.7 Å². The Balaban J connectivity index is 2.84. The number of aliphatic hydroxyl groups is 1. The highest BCUT2D eigenvalue weighted by Crippen LogP contribution is 2.21. The lowest BCUT2D eigenvalue weighted by molar-refractivity contribution is 0.0698. The van der Waals surface area contributed by atoms with E-state index >= 15 is 0 Å². The van der Waals surface area contributed by atoms with Gasteiger partial charge >= 0.3 is 5.97 Å². The van der Waals surface area contributed by atoms with Crippen molar-refractivity contribution < 1.29 is 19.7 Å². The van der Waals surface area contributed by atoms with Gasteiger partial charge in [0, 0.05) is 18.1 Å². The van der Waals surface area contributed by atoms with E-state index in [0.717, 1.165) is 0 Å². The van der Waals surface area contributed by atoms with Crippen LogP contribution in [0.1, 0.15) is 10.4 Å². The van der Waals surface area contributed by atoms with E-state index in [1.165, 1.54) is 23.9 Å². The van der Waals surface area contributed by atoms with Gasteiger partial charge in [-0.05, 0) is 18.2 Å². The summed E-state index contributed by atoms with van der Waals surface area (Å²) in [5.41, 5.74) is -0.335. The fraction of sp³-hybridized carbons (Fsp3) is 0.231. The monoisotopic (exact) mass is 263 g/mol. The molecule has 0 saturated carbocycles. The van der Waals surface area contributed by atoms with Crippen molar-refractivity contribution in [2.45, 2.75) is 6.54 Å². The minimum Gasteiger partial charge on any atom is -0.497 e. The predicted molar refractivity (Wildman–Crippen MR) is 68.8 cm³/mol. The molecule has 0 spiro atoms. The Morgan fingerprint density at radius 2 is 2.11 bits per heavy atom. The second-order valence-corrected chi connectivity index (χ2v) is 3.98. The quantitative estimate of drug-likeness (QED) is 0.847. The SMILES string of the molecule is COc1ccc2c(C(=O)O)cn(CCO)c(=O)c2c1. The second kappa shape index (κ2) is 5.11. The van der Waals surface area contributed by atoms with Crippen LogP contribution in [-0.2, 0) is 6.54 Å². The van der Waals surface area contributed by atoms with Crippen LogP contribution in [-0.4, -0.2) is 34.5 Å². The van der Waals surface area contributed by atoms with Gasteiger partial charge < -0.3 is 19.5 Å². The zero-order valence-electron chi connectivity index (χ0n) is 10.3. The van der Waals surface area contributed by atoms with E-state index in [2.05, 4.69) is 0 Å². The van der Waals surface area contributed by atoms with Crippen LogP contribution in [0.4, 0.5) is 0 Å². The smallest absolute Gasteiger partial charge is 0.337 e. The molecule has 0 unspecified atom stereocenters. The minimum atomic E-state index is -1.12. The van der Waals surface area contributed by atoms with Gasteiger partial charge in [-0.15, -0.1) is 0 Å². The van der Waals surface area contributed by atoms with E-state index in [1.807, 2.05) is 0 Å². The molecule has 2 N–H and O–H groups in total. The van der Waals surface area contributed by atoms with Gasteiger partial charge in [-0.3, -0.25) is 4.79 Å². The normalized spacial score (nSPS) is 10.6. The maximum atomic E-state index is 12.2. The van der Waals surface area contributed by atoms with Crippen molar-refractivity contribution in [3.63, 3.8) is 0 Å². The van der Waals surface area contributed by atoms with E-state index in [9.17, 15) is 14.7 Å². The predicted octanol–water partition coefficient (Wildman–Crippen LogP) is 0.701. The summed E-state index contributed by atoms with van der Waals surface area (Å²) >= 11 is 0. The Morgan fingerprint density at radius 1 is 1.37 bits per heavy atom. The third-order valence-corrected chi connectivity index (χ3v) is 2.86. The Kier molecular flexibility index (Phi) is 3.52. The molecular formula is C13H13NO5. The highest BCUT2D eigenvalue weighted by atomic mass is 16.5. The summed E-state index contributed by atoms with van der Waals surface area (Å²) in [4.78, 5) is 23.4.